The van der Waals surface area contributed by atoms with Gasteiger partial charge in [0.15, 0.2) is 11.5 Å². The smallest absolute Gasteiger partial charge is 0.168 e. The third-order valence-corrected chi connectivity index (χ3v) is 3.20. The van der Waals surface area contributed by atoms with Crippen LogP contribution in [0.3, 0.4) is 0 Å². The Kier molecular flexibility index (Phi) is 4.08. The predicted octanol–water partition coefficient (Wildman–Crippen LogP) is 4.00. The van der Waals surface area contributed by atoms with Crippen molar-refractivity contribution in [3.8, 4) is 17.2 Å². The summed E-state index contributed by atoms with van der Waals surface area (Å²) >= 11 is 0. The highest BCUT2D eigenvalue weighted by Gasteiger charge is 2.31. The number of aromatic hydroxyl groups is 1. The predicted molar refractivity (Wildman–Crippen MR) is 78.6 cm³/mol. The maximum absolute atomic E-state index is 10.7. The van der Waals surface area contributed by atoms with Crippen LogP contribution in [0.2, 0.25) is 0 Å². The summed E-state index contributed by atoms with van der Waals surface area (Å²) in [5.74, 6) is 1.58. The molecule has 1 aromatic rings. The molecule has 3 heteroatoms. The zero-order valence-electron chi connectivity index (χ0n) is 13.3. The molecule has 0 atom stereocenters. The molecule has 1 N–H and O–H groups in total. The summed E-state index contributed by atoms with van der Waals surface area (Å²) in [6, 6.07) is 1.86. The Morgan fingerprint density at radius 1 is 0.895 bits per heavy atom. The molecule has 0 saturated heterocycles. The number of methoxy groups -OCH3 is 2. The monoisotopic (exact) mass is 266 g/mol. The third kappa shape index (κ3) is 2.96. The fourth-order valence-electron chi connectivity index (χ4n) is 2.25. The molecule has 0 unspecified atom stereocenters. The van der Waals surface area contributed by atoms with Crippen molar-refractivity contribution < 1.29 is 14.6 Å². The molecule has 0 radical (unpaired) electrons. The highest BCUT2D eigenvalue weighted by molar-refractivity contribution is 5.61. The topological polar surface area (TPSA) is 38.7 Å². The van der Waals surface area contributed by atoms with E-state index in [2.05, 4.69) is 41.5 Å². The van der Waals surface area contributed by atoms with Crippen molar-refractivity contribution in [2.24, 2.45) is 0 Å². The third-order valence-electron chi connectivity index (χ3n) is 3.20. The van der Waals surface area contributed by atoms with Gasteiger partial charge in [0.05, 0.1) is 14.2 Å². The highest BCUT2D eigenvalue weighted by atomic mass is 16.5. The molecule has 0 bridgehead atoms. The van der Waals surface area contributed by atoms with Crippen molar-refractivity contribution in [3.63, 3.8) is 0 Å². The van der Waals surface area contributed by atoms with E-state index in [4.69, 9.17) is 9.47 Å². The van der Waals surface area contributed by atoms with Gasteiger partial charge >= 0.3 is 0 Å². The van der Waals surface area contributed by atoms with Gasteiger partial charge in [-0.25, -0.2) is 0 Å². The van der Waals surface area contributed by atoms with Crippen molar-refractivity contribution in [2.75, 3.05) is 14.2 Å². The second-order valence-corrected chi connectivity index (χ2v) is 6.88. The van der Waals surface area contributed by atoms with E-state index in [1.165, 1.54) is 0 Å². The molecule has 108 valence electrons. The Labute approximate surface area is 116 Å². The van der Waals surface area contributed by atoms with Crippen LogP contribution >= 0.6 is 0 Å². The summed E-state index contributed by atoms with van der Waals surface area (Å²) in [4.78, 5) is 0. The van der Waals surface area contributed by atoms with Crippen LogP contribution in [-0.2, 0) is 10.8 Å². The largest absolute Gasteiger partial charge is 0.507 e. The second kappa shape index (κ2) is 4.95. The van der Waals surface area contributed by atoms with Gasteiger partial charge in [-0.1, -0.05) is 41.5 Å². The minimum Gasteiger partial charge on any atom is -0.507 e. The lowest BCUT2D eigenvalue weighted by Crippen LogP contribution is -2.18. The van der Waals surface area contributed by atoms with Gasteiger partial charge in [-0.15, -0.1) is 0 Å². The number of phenolic OH excluding ortho intramolecular Hbond substituents is 1. The summed E-state index contributed by atoms with van der Waals surface area (Å²) in [5.41, 5.74) is 1.27. The number of hydrogen-bond acceptors (Lipinski definition) is 3. The lowest BCUT2D eigenvalue weighted by molar-refractivity contribution is 0.333. The van der Waals surface area contributed by atoms with Crippen LogP contribution in [0.5, 0.6) is 17.2 Å². The van der Waals surface area contributed by atoms with Gasteiger partial charge in [-0.2, -0.15) is 0 Å². The normalized spacial score (nSPS) is 12.4. The fourth-order valence-corrected chi connectivity index (χ4v) is 2.25. The first-order valence-corrected chi connectivity index (χ1v) is 6.53. The maximum atomic E-state index is 10.7. The average Bonchev–Trinajstić information content (AvgIpc) is 2.24. The van der Waals surface area contributed by atoms with E-state index in [9.17, 15) is 5.11 Å². The first-order valence-electron chi connectivity index (χ1n) is 6.53. The molecule has 3 nitrogen and oxygen atoms in total. The molecule has 0 heterocycles. The Morgan fingerprint density at radius 3 is 1.74 bits per heavy atom. The van der Waals surface area contributed by atoms with Gasteiger partial charge in [0.1, 0.15) is 5.75 Å². The Morgan fingerprint density at radius 2 is 1.42 bits per heavy atom. The van der Waals surface area contributed by atoms with E-state index in [0.717, 1.165) is 11.1 Å². The molecule has 0 saturated carbocycles. The molecule has 0 aliphatic carbocycles. The first-order chi connectivity index (χ1) is 8.54. The maximum Gasteiger partial charge on any atom is 0.168 e. The minimum atomic E-state index is -0.232. The van der Waals surface area contributed by atoms with Gasteiger partial charge in [-0.3, -0.25) is 0 Å². The zero-order valence-corrected chi connectivity index (χ0v) is 13.3. The molecule has 19 heavy (non-hydrogen) atoms. The molecule has 0 amide bonds. The van der Waals surface area contributed by atoms with Crippen LogP contribution in [0.15, 0.2) is 6.07 Å². The number of phenols is 1. The van der Waals surface area contributed by atoms with Crippen molar-refractivity contribution in [3.05, 3.63) is 17.2 Å². The van der Waals surface area contributed by atoms with Gasteiger partial charge < -0.3 is 14.6 Å². The summed E-state index contributed by atoms with van der Waals surface area (Å²) in [5, 5.41) is 10.7. The quantitative estimate of drug-likeness (QED) is 0.879. The average molecular weight is 266 g/mol. The van der Waals surface area contributed by atoms with Crippen molar-refractivity contribution in [1.82, 2.24) is 0 Å². The molecule has 1 aromatic carbocycles. The van der Waals surface area contributed by atoms with E-state index in [0.29, 0.717) is 17.2 Å². The van der Waals surface area contributed by atoms with E-state index >= 15 is 0 Å². The lowest BCUT2D eigenvalue weighted by Gasteiger charge is -2.30. The number of benzene rings is 1. The Balaban J connectivity index is 3.76. The van der Waals surface area contributed by atoms with Crippen LogP contribution in [-0.4, -0.2) is 19.3 Å². The standard InChI is InChI=1S/C16H26O3/c1-15(2,3)10-9-11(18-7)14(19-8)12(13(10)17)16(4,5)6/h9,17H,1-8H3. The van der Waals surface area contributed by atoms with Crippen LogP contribution in [0.1, 0.15) is 52.7 Å². The van der Waals surface area contributed by atoms with Gasteiger partial charge in [0.25, 0.3) is 0 Å². The van der Waals surface area contributed by atoms with E-state index in [1.807, 2.05) is 6.07 Å². The molecule has 0 fully saturated rings. The Bertz CT molecular complexity index is 462. The molecule has 1 rings (SSSR count). The molecule has 0 aliphatic rings. The van der Waals surface area contributed by atoms with Gasteiger partial charge in [0, 0.05) is 11.1 Å². The van der Waals surface area contributed by atoms with Crippen molar-refractivity contribution in [1.29, 1.82) is 0 Å². The van der Waals surface area contributed by atoms with E-state index in [-0.39, 0.29) is 10.8 Å². The second-order valence-electron chi connectivity index (χ2n) is 6.88. The van der Waals surface area contributed by atoms with Crippen LogP contribution in [0.25, 0.3) is 0 Å². The Hall–Kier alpha value is -1.38. The summed E-state index contributed by atoms with van der Waals surface area (Å²) in [6.45, 7) is 12.4. The van der Waals surface area contributed by atoms with Crippen molar-refractivity contribution >= 4 is 0 Å². The number of hydrogen-bond donors (Lipinski definition) is 1. The molecular weight excluding hydrogens is 240 g/mol. The van der Waals surface area contributed by atoms with Crippen LogP contribution < -0.4 is 9.47 Å². The number of rotatable bonds is 2. The summed E-state index contributed by atoms with van der Waals surface area (Å²) in [7, 11) is 3.22. The fraction of sp³-hybridized carbons (Fsp3) is 0.625. The molecule has 0 aromatic heterocycles. The lowest BCUT2D eigenvalue weighted by atomic mass is 9.78. The number of ether oxygens (including phenoxy) is 2. The summed E-state index contributed by atoms with van der Waals surface area (Å²) in [6.07, 6.45) is 0. The molecular formula is C16H26O3. The highest BCUT2D eigenvalue weighted by Crippen LogP contribution is 2.48. The van der Waals surface area contributed by atoms with E-state index < -0.39 is 0 Å². The first kappa shape index (κ1) is 15.7. The van der Waals surface area contributed by atoms with Gasteiger partial charge in [0.2, 0.25) is 0 Å². The molecule has 0 spiro atoms. The van der Waals surface area contributed by atoms with Crippen LogP contribution in [0.4, 0.5) is 0 Å². The zero-order chi connectivity index (χ0) is 15.0. The van der Waals surface area contributed by atoms with Crippen molar-refractivity contribution in [2.45, 2.75) is 52.4 Å². The molecule has 0 aliphatic heterocycles. The van der Waals surface area contributed by atoms with E-state index in [1.54, 1.807) is 14.2 Å². The minimum absolute atomic E-state index is 0.163. The van der Waals surface area contributed by atoms with Gasteiger partial charge in [-0.05, 0) is 16.9 Å². The van der Waals surface area contributed by atoms with Crippen LogP contribution in [0, 0.1) is 0 Å². The summed E-state index contributed by atoms with van der Waals surface area (Å²) < 4.78 is 10.9. The SMILES string of the molecule is COc1cc(C(C)(C)C)c(O)c(C(C)(C)C)c1OC.